The molecule has 1 aromatic carbocycles. The van der Waals surface area contributed by atoms with Crippen molar-refractivity contribution in [1.82, 2.24) is 15.5 Å². The van der Waals surface area contributed by atoms with E-state index in [4.69, 9.17) is 0 Å². The predicted molar refractivity (Wildman–Crippen MR) is 110 cm³/mol. The molecule has 1 aliphatic heterocycles. The van der Waals surface area contributed by atoms with Crippen LogP contribution in [0.5, 0.6) is 0 Å². The summed E-state index contributed by atoms with van der Waals surface area (Å²) in [6.07, 6.45) is 2.55. The fraction of sp³-hybridized carbons (Fsp3) is 0.556. The number of hydrogen-bond acceptors (Lipinski definition) is 4. The Morgan fingerprint density at radius 3 is 2.80 bits per heavy atom. The molecule has 0 bridgehead atoms. The van der Waals surface area contributed by atoms with E-state index in [1.54, 1.807) is 19.0 Å². The first-order valence-electron chi connectivity index (χ1n) is 8.67. The Hall–Kier alpha value is -1.34. The first kappa shape index (κ1) is 20.0. The second-order valence-electron chi connectivity index (χ2n) is 6.06. The van der Waals surface area contributed by atoms with Crippen molar-refractivity contribution in [3.8, 4) is 0 Å². The number of likely N-dealkylation sites (N-methyl/N-ethyl adjacent to an activating group) is 1. The number of guanidine groups is 1. The number of hydrogen-bond donors (Lipinski definition) is 2. The zero-order chi connectivity index (χ0) is 17.9. The Labute approximate surface area is 159 Å². The van der Waals surface area contributed by atoms with Gasteiger partial charge in [0, 0.05) is 43.1 Å². The lowest BCUT2D eigenvalue weighted by atomic mass is 10.2. The molecule has 1 atom stereocenters. The van der Waals surface area contributed by atoms with Crippen LogP contribution >= 0.6 is 23.5 Å². The van der Waals surface area contributed by atoms with Crippen molar-refractivity contribution in [2.75, 3.05) is 45.2 Å². The van der Waals surface area contributed by atoms with Crippen molar-refractivity contribution in [3.63, 3.8) is 0 Å². The summed E-state index contributed by atoms with van der Waals surface area (Å²) in [5.74, 6) is 2.94. The topological polar surface area (TPSA) is 56.7 Å². The summed E-state index contributed by atoms with van der Waals surface area (Å²) in [6.45, 7) is 1.88. The summed E-state index contributed by atoms with van der Waals surface area (Å²) in [5, 5.41) is 7.39. The van der Waals surface area contributed by atoms with Gasteiger partial charge in [0.15, 0.2) is 5.96 Å². The van der Waals surface area contributed by atoms with Crippen LogP contribution in [0.1, 0.15) is 12.8 Å². The standard InChI is InChI=1S/C18H28N4OS2/c1-22(2)17(23)14-21-18(20-13-16-9-6-11-24-16)19-10-12-25-15-7-4-3-5-8-15/h3-5,7-8,16H,6,9-14H2,1-2H3,(H2,19,20,21). The van der Waals surface area contributed by atoms with Gasteiger partial charge in [-0.15, -0.1) is 11.8 Å². The van der Waals surface area contributed by atoms with Gasteiger partial charge in [-0.1, -0.05) is 18.2 Å². The van der Waals surface area contributed by atoms with E-state index in [0.29, 0.717) is 5.25 Å². The predicted octanol–water partition coefficient (Wildman–Crippen LogP) is 2.30. The SMILES string of the molecule is CN(C)C(=O)CN=C(NCCSc1ccccc1)NCC1CCCS1. The van der Waals surface area contributed by atoms with E-state index in [1.165, 1.54) is 23.5 Å². The highest BCUT2D eigenvalue weighted by Crippen LogP contribution is 2.25. The van der Waals surface area contributed by atoms with E-state index >= 15 is 0 Å². The van der Waals surface area contributed by atoms with Gasteiger partial charge in [-0.3, -0.25) is 4.79 Å². The van der Waals surface area contributed by atoms with Crippen LogP contribution in [0.25, 0.3) is 0 Å². The molecule has 1 fully saturated rings. The van der Waals surface area contributed by atoms with E-state index < -0.39 is 0 Å². The zero-order valence-corrected chi connectivity index (χ0v) is 16.7. The molecule has 1 saturated heterocycles. The highest BCUT2D eigenvalue weighted by atomic mass is 32.2. The maximum Gasteiger partial charge on any atom is 0.243 e. The summed E-state index contributed by atoms with van der Waals surface area (Å²) < 4.78 is 0. The molecular weight excluding hydrogens is 352 g/mol. The molecule has 1 amide bonds. The monoisotopic (exact) mass is 380 g/mol. The average Bonchev–Trinajstić information content (AvgIpc) is 3.14. The van der Waals surface area contributed by atoms with E-state index in [2.05, 4.69) is 39.9 Å². The molecule has 1 aromatic rings. The second-order valence-corrected chi connectivity index (χ2v) is 8.63. The van der Waals surface area contributed by atoms with Gasteiger partial charge < -0.3 is 15.5 Å². The number of benzene rings is 1. The van der Waals surface area contributed by atoms with Crippen molar-refractivity contribution in [2.45, 2.75) is 23.0 Å². The highest BCUT2D eigenvalue weighted by molar-refractivity contribution is 8.00. The molecule has 0 aromatic heterocycles. The fourth-order valence-electron chi connectivity index (χ4n) is 2.33. The lowest BCUT2D eigenvalue weighted by molar-refractivity contribution is -0.127. The van der Waals surface area contributed by atoms with Crippen LogP contribution in [0.4, 0.5) is 0 Å². The molecule has 7 heteroatoms. The van der Waals surface area contributed by atoms with Crippen LogP contribution in [0.15, 0.2) is 40.2 Å². The Kier molecular flexibility index (Phi) is 9.04. The molecule has 1 heterocycles. The molecular formula is C18H28N4OS2. The van der Waals surface area contributed by atoms with E-state index in [0.717, 1.165) is 24.8 Å². The van der Waals surface area contributed by atoms with E-state index in [1.807, 2.05) is 29.6 Å². The van der Waals surface area contributed by atoms with Crippen molar-refractivity contribution >= 4 is 35.4 Å². The average molecular weight is 381 g/mol. The van der Waals surface area contributed by atoms with Crippen LogP contribution in [0.3, 0.4) is 0 Å². The lowest BCUT2D eigenvalue weighted by Crippen LogP contribution is -2.42. The van der Waals surface area contributed by atoms with E-state index in [9.17, 15) is 4.79 Å². The van der Waals surface area contributed by atoms with Crippen LogP contribution in [0.2, 0.25) is 0 Å². The zero-order valence-electron chi connectivity index (χ0n) is 15.0. The van der Waals surface area contributed by atoms with Crippen LogP contribution in [-0.4, -0.2) is 67.3 Å². The second kappa shape index (κ2) is 11.3. The quantitative estimate of drug-likeness (QED) is 0.314. The third kappa shape index (κ3) is 8.05. The minimum Gasteiger partial charge on any atom is -0.356 e. The summed E-state index contributed by atoms with van der Waals surface area (Å²) in [4.78, 5) is 19.0. The minimum atomic E-state index is 0.00926. The number of carbonyl (C=O) groups excluding carboxylic acids is 1. The Balaban J connectivity index is 1.77. The van der Waals surface area contributed by atoms with Crippen molar-refractivity contribution in [2.24, 2.45) is 4.99 Å². The normalized spacial score (nSPS) is 17.4. The van der Waals surface area contributed by atoms with Gasteiger partial charge in [0.1, 0.15) is 6.54 Å². The lowest BCUT2D eigenvalue weighted by Gasteiger charge is -2.16. The first-order valence-corrected chi connectivity index (χ1v) is 10.7. The summed E-state index contributed by atoms with van der Waals surface area (Å²) >= 11 is 3.83. The minimum absolute atomic E-state index is 0.00926. The molecule has 5 nitrogen and oxygen atoms in total. The van der Waals surface area contributed by atoms with Crippen LogP contribution in [0, 0.1) is 0 Å². The third-order valence-electron chi connectivity index (χ3n) is 3.80. The number of aliphatic imine (C=N–C) groups is 1. The molecule has 1 unspecified atom stereocenters. The number of carbonyl (C=O) groups is 1. The van der Waals surface area contributed by atoms with Gasteiger partial charge in [0.05, 0.1) is 0 Å². The molecule has 1 aliphatic rings. The highest BCUT2D eigenvalue weighted by Gasteiger charge is 2.15. The van der Waals surface area contributed by atoms with Crippen molar-refractivity contribution < 1.29 is 4.79 Å². The van der Waals surface area contributed by atoms with Gasteiger partial charge in [0.2, 0.25) is 5.91 Å². The van der Waals surface area contributed by atoms with Crippen LogP contribution < -0.4 is 10.6 Å². The first-order chi connectivity index (χ1) is 12.1. The maximum atomic E-state index is 11.8. The molecule has 25 heavy (non-hydrogen) atoms. The Morgan fingerprint density at radius 2 is 2.12 bits per heavy atom. The molecule has 2 N–H and O–H groups in total. The van der Waals surface area contributed by atoms with Gasteiger partial charge in [-0.25, -0.2) is 4.99 Å². The summed E-state index contributed by atoms with van der Waals surface area (Å²) in [6, 6.07) is 10.4. The van der Waals surface area contributed by atoms with Gasteiger partial charge >= 0.3 is 0 Å². The smallest absolute Gasteiger partial charge is 0.243 e. The number of amides is 1. The fourth-order valence-corrected chi connectivity index (χ4v) is 4.32. The Bertz CT molecular complexity index is 545. The number of thioether (sulfide) groups is 2. The summed E-state index contributed by atoms with van der Waals surface area (Å²) in [7, 11) is 3.51. The maximum absolute atomic E-state index is 11.8. The molecule has 2 rings (SSSR count). The summed E-state index contributed by atoms with van der Waals surface area (Å²) in [5.41, 5.74) is 0. The number of nitrogens with zero attached hydrogens (tertiary/aromatic N) is 2. The molecule has 138 valence electrons. The van der Waals surface area contributed by atoms with E-state index in [-0.39, 0.29) is 12.5 Å². The largest absolute Gasteiger partial charge is 0.356 e. The van der Waals surface area contributed by atoms with Gasteiger partial charge in [-0.05, 0) is 30.7 Å². The van der Waals surface area contributed by atoms with Crippen molar-refractivity contribution in [1.29, 1.82) is 0 Å². The van der Waals surface area contributed by atoms with Gasteiger partial charge in [0.25, 0.3) is 0 Å². The number of nitrogens with one attached hydrogen (secondary N) is 2. The molecule has 0 radical (unpaired) electrons. The third-order valence-corrected chi connectivity index (χ3v) is 6.21. The molecule has 0 spiro atoms. The molecule has 0 saturated carbocycles. The van der Waals surface area contributed by atoms with Crippen molar-refractivity contribution in [3.05, 3.63) is 30.3 Å². The number of rotatable bonds is 8. The Morgan fingerprint density at radius 1 is 1.32 bits per heavy atom. The van der Waals surface area contributed by atoms with Crippen LogP contribution in [-0.2, 0) is 4.79 Å². The molecule has 0 aliphatic carbocycles. The van der Waals surface area contributed by atoms with Gasteiger partial charge in [-0.2, -0.15) is 11.8 Å².